The summed E-state index contributed by atoms with van der Waals surface area (Å²) >= 11 is 0. The molecule has 1 amide bonds. The topological polar surface area (TPSA) is 74.6 Å². The van der Waals surface area contributed by atoms with Crippen LogP contribution >= 0.6 is 0 Å². The average Bonchev–Trinajstić information content (AvgIpc) is 3.07. The molecule has 2 aromatic rings. The summed E-state index contributed by atoms with van der Waals surface area (Å²) in [7, 11) is 0. The molecule has 1 saturated heterocycles. The molecule has 0 bridgehead atoms. The highest BCUT2D eigenvalue weighted by Gasteiger charge is 2.26. The normalized spacial score (nSPS) is 16.1. The van der Waals surface area contributed by atoms with Gasteiger partial charge in [0.15, 0.2) is 0 Å². The number of rotatable bonds is 7. The first-order valence-electron chi connectivity index (χ1n) is 9.79. The number of carbonyl (C=O) groups excluding carboxylic acids is 2. The van der Waals surface area contributed by atoms with Gasteiger partial charge >= 0.3 is 0 Å². The summed E-state index contributed by atoms with van der Waals surface area (Å²) in [4.78, 5) is 27.7. The number of amides is 1. The lowest BCUT2D eigenvalue weighted by atomic mass is 10.0. The van der Waals surface area contributed by atoms with E-state index < -0.39 is 11.7 Å². The van der Waals surface area contributed by atoms with E-state index in [4.69, 9.17) is 5.11 Å². The van der Waals surface area contributed by atoms with Gasteiger partial charge in [-0.2, -0.15) is 0 Å². The molecule has 0 unspecified atom stereocenters. The van der Waals surface area contributed by atoms with Crippen molar-refractivity contribution in [1.82, 2.24) is 14.8 Å². The fraction of sp³-hybridized carbons (Fsp3) is 0.524. The zero-order chi connectivity index (χ0) is 19.4. The molecule has 0 spiro atoms. The number of likely N-dealkylation sites (tertiary alicyclic amines) is 1. The number of hydrogen-bond acceptors (Lipinski definition) is 4. The minimum atomic E-state index is -0.518. The molecule has 146 valence electrons. The predicted molar refractivity (Wildman–Crippen MR) is 106 cm³/mol. The third-order valence-electron chi connectivity index (χ3n) is 5.30. The van der Waals surface area contributed by atoms with Crippen molar-refractivity contribution >= 4 is 22.6 Å². The Kier molecular flexibility index (Phi) is 6.29. The number of fused-ring (bicyclic) bond motifs is 1. The van der Waals surface area contributed by atoms with Gasteiger partial charge in [-0.05, 0) is 39.2 Å². The molecule has 0 atom stereocenters. The number of nitrogens with one attached hydrogen (secondary N) is 1. The number of hydrogen-bond donors (Lipinski definition) is 2. The summed E-state index contributed by atoms with van der Waals surface area (Å²) in [6.07, 6.45) is 4.24. The molecule has 1 aromatic carbocycles. The molecule has 0 aliphatic carbocycles. The Hall–Kier alpha value is -2.18. The van der Waals surface area contributed by atoms with Crippen molar-refractivity contribution < 1.29 is 14.7 Å². The summed E-state index contributed by atoms with van der Waals surface area (Å²) in [6.45, 7) is 6.97. The molecular weight excluding hydrogens is 342 g/mol. The van der Waals surface area contributed by atoms with Gasteiger partial charge in [-0.1, -0.05) is 18.2 Å². The lowest BCUT2D eigenvalue weighted by molar-refractivity contribution is -0.117. The highest BCUT2D eigenvalue weighted by molar-refractivity contribution is 6.45. The van der Waals surface area contributed by atoms with Crippen LogP contribution in [0.4, 0.5) is 0 Å². The molecule has 1 aromatic heterocycles. The molecule has 1 aliphatic heterocycles. The predicted octanol–water partition coefficient (Wildman–Crippen LogP) is 2.37. The lowest BCUT2D eigenvalue weighted by Crippen LogP contribution is -2.46. The van der Waals surface area contributed by atoms with Crippen LogP contribution in [0.3, 0.4) is 0 Å². The Labute approximate surface area is 160 Å². The molecule has 1 fully saturated rings. The van der Waals surface area contributed by atoms with Gasteiger partial charge in [0.2, 0.25) is 0 Å². The van der Waals surface area contributed by atoms with Crippen molar-refractivity contribution in [2.24, 2.45) is 0 Å². The Morgan fingerprint density at radius 1 is 1.22 bits per heavy atom. The lowest BCUT2D eigenvalue weighted by Gasteiger charge is -2.32. The number of aromatic nitrogens is 1. The quantitative estimate of drug-likeness (QED) is 0.579. The molecule has 2 N–H and O–H groups in total. The van der Waals surface area contributed by atoms with Gasteiger partial charge in [-0.3, -0.25) is 9.59 Å². The van der Waals surface area contributed by atoms with Gasteiger partial charge in [0, 0.05) is 55.4 Å². The second-order valence-corrected chi connectivity index (χ2v) is 7.56. The minimum absolute atomic E-state index is 0.0327. The Morgan fingerprint density at radius 3 is 2.59 bits per heavy atom. The first-order chi connectivity index (χ1) is 13.0. The van der Waals surface area contributed by atoms with Crippen LogP contribution in [0, 0.1) is 0 Å². The second kappa shape index (κ2) is 8.67. The van der Waals surface area contributed by atoms with Crippen molar-refractivity contribution in [1.29, 1.82) is 0 Å². The van der Waals surface area contributed by atoms with Gasteiger partial charge < -0.3 is 19.9 Å². The van der Waals surface area contributed by atoms with Crippen molar-refractivity contribution in [3.63, 3.8) is 0 Å². The van der Waals surface area contributed by atoms with E-state index in [9.17, 15) is 9.59 Å². The average molecular weight is 371 g/mol. The summed E-state index contributed by atoms with van der Waals surface area (Å²) in [5, 5.41) is 12.7. The molecule has 1 aliphatic rings. The van der Waals surface area contributed by atoms with Crippen molar-refractivity contribution in [3.05, 3.63) is 36.0 Å². The fourth-order valence-corrected chi connectivity index (χ4v) is 3.78. The van der Waals surface area contributed by atoms with Crippen LogP contribution in [0.1, 0.15) is 49.5 Å². The van der Waals surface area contributed by atoms with E-state index in [0.717, 1.165) is 49.8 Å². The van der Waals surface area contributed by atoms with E-state index in [1.807, 2.05) is 28.8 Å². The van der Waals surface area contributed by atoms with Gasteiger partial charge in [-0.15, -0.1) is 0 Å². The molecule has 27 heavy (non-hydrogen) atoms. The van der Waals surface area contributed by atoms with Gasteiger partial charge in [-0.25, -0.2) is 0 Å². The number of benzene rings is 1. The van der Waals surface area contributed by atoms with Crippen molar-refractivity contribution in [2.75, 3.05) is 26.2 Å². The van der Waals surface area contributed by atoms with Crippen LogP contribution in [0.15, 0.2) is 30.5 Å². The van der Waals surface area contributed by atoms with E-state index in [1.54, 1.807) is 6.20 Å². The summed E-state index contributed by atoms with van der Waals surface area (Å²) in [5.41, 5.74) is 1.44. The number of aliphatic hydroxyl groups is 1. The molecular formula is C21H29N3O3. The number of nitrogens with zero attached hydrogens (tertiary/aromatic N) is 2. The van der Waals surface area contributed by atoms with Crippen LogP contribution in [0.25, 0.3) is 10.9 Å². The van der Waals surface area contributed by atoms with E-state index >= 15 is 0 Å². The molecule has 2 heterocycles. The van der Waals surface area contributed by atoms with Gasteiger partial charge in [0.05, 0.1) is 5.56 Å². The number of aliphatic hydroxyl groups excluding tert-OH is 1. The zero-order valence-corrected chi connectivity index (χ0v) is 16.1. The highest BCUT2D eigenvalue weighted by Crippen LogP contribution is 2.25. The third-order valence-corrected chi connectivity index (χ3v) is 5.30. The molecule has 6 nitrogen and oxygen atoms in total. The standard InChI is InChI=1S/C21H29N3O3/c1-15(2)24-14-18(17-6-3-4-7-19(17)24)20(26)21(27)22-16-8-11-23(12-9-16)10-5-13-25/h3-4,6-7,14-16,25H,5,8-13H2,1-2H3,(H,22,27). The van der Waals surface area contributed by atoms with Gasteiger partial charge in [0.1, 0.15) is 0 Å². The Bertz CT molecular complexity index is 804. The van der Waals surface area contributed by atoms with Crippen LogP contribution in [-0.2, 0) is 4.79 Å². The minimum Gasteiger partial charge on any atom is -0.396 e. The fourth-order valence-electron chi connectivity index (χ4n) is 3.78. The maximum absolute atomic E-state index is 12.8. The number of Topliss-reactive ketones (excluding diaryl/α,β-unsaturated/α-hetero) is 1. The van der Waals surface area contributed by atoms with Crippen LogP contribution in [0.5, 0.6) is 0 Å². The summed E-state index contributed by atoms with van der Waals surface area (Å²) in [6, 6.07) is 7.96. The number of ketones is 1. The first kappa shape index (κ1) is 19.6. The number of para-hydroxylation sites is 1. The molecule has 3 rings (SSSR count). The number of piperidine rings is 1. The van der Waals surface area contributed by atoms with Crippen molar-refractivity contribution in [2.45, 2.75) is 45.2 Å². The largest absolute Gasteiger partial charge is 0.396 e. The van der Waals surface area contributed by atoms with Crippen LogP contribution < -0.4 is 5.32 Å². The Balaban J connectivity index is 1.67. The maximum atomic E-state index is 12.8. The zero-order valence-electron chi connectivity index (χ0n) is 16.1. The SMILES string of the molecule is CC(C)n1cc(C(=O)C(=O)NC2CCN(CCCO)CC2)c2ccccc21. The van der Waals surface area contributed by atoms with Crippen LogP contribution in [0.2, 0.25) is 0 Å². The van der Waals surface area contributed by atoms with E-state index in [-0.39, 0.29) is 18.7 Å². The molecule has 0 radical (unpaired) electrons. The molecule has 6 heteroatoms. The third kappa shape index (κ3) is 4.39. The first-order valence-corrected chi connectivity index (χ1v) is 9.79. The Morgan fingerprint density at radius 2 is 1.93 bits per heavy atom. The number of carbonyl (C=O) groups is 2. The van der Waals surface area contributed by atoms with E-state index in [2.05, 4.69) is 24.1 Å². The van der Waals surface area contributed by atoms with Gasteiger partial charge in [0.25, 0.3) is 11.7 Å². The van der Waals surface area contributed by atoms with Crippen molar-refractivity contribution in [3.8, 4) is 0 Å². The van der Waals surface area contributed by atoms with Crippen LogP contribution in [-0.4, -0.2) is 58.5 Å². The highest BCUT2D eigenvalue weighted by atomic mass is 16.3. The second-order valence-electron chi connectivity index (χ2n) is 7.56. The summed E-state index contributed by atoms with van der Waals surface area (Å²) < 4.78 is 2.04. The van der Waals surface area contributed by atoms with E-state index in [1.165, 1.54) is 0 Å². The van der Waals surface area contributed by atoms with E-state index in [0.29, 0.717) is 5.56 Å². The smallest absolute Gasteiger partial charge is 0.292 e. The summed E-state index contributed by atoms with van der Waals surface area (Å²) in [5.74, 6) is -0.983. The molecule has 0 saturated carbocycles. The maximum Gasteiger partial charge on any atom is 0.292 e. The monoisotopic (exact) mass is 371 g/mol.